The predicted molar refractivity (Wildman–Crippen MR) is 65.9 cm³/mol. The first-order valence-corrected chi connectivity index (χ1v) is 6.96. The fraction of sp³-hybridized carbons (Fsp3) is 1.00. The maximum Gasteiger partial charge on any atom is 0.00980 e. The molecule has 1 N–H and O–H groups in total. The summed E-state index contributed by atoms with van der Waals surface area (Å²) in [6, 6.07) is 1.60. The summed E-state index contributed by atoms with van der Waals surface area (Å²) in [4.78, 5) is 0. The van der Waals surface area contributed by atoms with Gasteiger partial charge in [0.05, 0.1) is 0 Å². The van der Waals surface area contributed by atoms with Gasteiger partial charge in [-0.1, -0.05) is 20.3 Å². The van der Waals surface area contributed by atoms with Gasteiger partial charge in [0.25, 0.3) is 0 Å². The minimum absolute atomic E-state index is 0.775. The van der Waals surface area contributed by atoms with E-state index >= 15 is 0 Å². The molecule has 1 nitrogen and oxygen atoms in total. The maximum atomic E-state index is 3.90. The molecule has 0 aromatic rings. The second-order valence-corrected chi connectivity index (χ2v) is 5.99. The van der Waals surface area contributed by atoms with Crippen molar-refractivity contribution in [3.05, 3.63) is 0 Å². The van der Waals surface area contributed by atoms with Gasteiger partial charge in [-0.2, -0.15) is 0 Å². The van der Waals surface area contributed by atoms with Gasteiger partial charge in [-0.3, -0.25) is 0 Å². The van der Waals surface area contributed by atoms with E-state index in [0.29, 0.717) is 0 Å². The number of rotatable bonds is 4. The van der Waals surface area contributed by atoms with Gasteiger partial charge in [0.1, 0.15) is 0 Å². The van der Waals surface area contributed by atoms with E-state index in [9.17, 15) is 0 Å². The van der Waals surface area contributed by atoms with Crippen molar-refractivity contribution in [1.82, 2.24) is 5.32 Å². The summed E-state index contributed by atoms with van der Waals surface area (Å²) in [7, 11) is 0. The van der Waals surface area contributed by atoms with Gasteiger partial charge in [-0.05, 0) is 56.8 Å². The van der Waals surface area contributed by atoms with Gasteiger partial charge in [-0.25, -0.2) is 0 Å². The van der Waals surface area contributed by atoms with Crippen LogP contribution in [0.15, 0.2) is 0 Å². The lowest BCUT2D eigenvalue weighted by molar-refractivity contribution is 0.192. The first kappa shape index (κ1) is 11.4. The molecule has 15 heavy (non-hydrogen) atoms. The molecule has 2 aliphatic rings. The standard InChI is InChI=1S/C14H27N/c1-4-12-9-10(2)5-8-14(12)15-11(3)13-6-7-13/h10-15H,4-9H2,1-3H3. The largest absolute Gasteiger partial charge is 0.311 e. The van der Waals surface area contributed by atoms with Gasteiger partial charge in [0.15, 0.2) is 0 Å². The third-order valence-electron chi connectivity index (χ3n) is 4.58. The lowest BCUT2D eigenvalue weighted by atomic mass is 9.77. The molecule has 0 aliphatic heterocycles. The molecule has 0 saturated heterocycles. The Morgan fingerprint density at radius 3 is 2.53 bits per heavy atom. The smallest absolute Gasteiger partial charge is 0.00980 e. The first-order chi connectivity index (χ1) is 7.20. The van der Waals surface area contributed by atoms with Crippen molar-refractivity contribution in [3.8, 4) is 0 Å². The summed E-state index contributed by atoms with van der Waals surface area (Å²) in [5.41, 5.74) is 0. The van der Waals surface area contributed by atoms with Crippen molar-refractivity contribution in [1.29, 1.82) is 0 Å². The van der Waals surface area contributed by atoms with Crippen molar-refractivity contribution in [2.45, 2.75) is 71.4 Å². The predicted octanol–water partition coefficient (Wildman–Crippen LogP) is 3.59. The van der Waals surface area contributed by atoms with Gasteiger partial charge >= 0.3 is 0 Å². The highest BCUT2D eigenvalue weighted by Gasteiger charge is 2.33. The topological polar surface area (TPSA) is 12.0 Å². The molecular weight excluding hydrogens is 182 g/mol. The Balaban J connectivity index is 1.83. The summed E-state index contributed by atoms with van der Waals surface area (Å²) in [6.45, 7) is 7.17. The highest BCUT2D eigenvalue weighted by atomic mass is 15.0. The van der Waals surface area contributed by atoms with Gasteiger partial charge in [0, 0.05) is 12.1 Å². The summed E-state index contributed by atoms with van der Waals surface area (Å²) in [5, 5.41) is 3.90. The lowest BCUT2D eigenvalue weighted by Gasteiger charge is -2.37. The van der Waals surface area contributed by atoms with Gasteiger partial charge in [0.2, 0.25) is 0 Å². The van der Waals surface area contributed by atoms with Crippen molar-refractivity contribution >= 4 is 0 Å². The molecule has 2 fully saturated rings. The Kier molecular flexibility index (Phi) is 3.71. The molecule has 0 heterocycles. The minimum Gasteiger partial charge on any atom is -0.311 e. The Labute approximate surface area is 95.0 Å². The fourth-order valence-electron chi connectivity index (χ4n) is 3.24. The van der Waals surface area contributed by atoms with E-state index in [1.807, 2.05) is 0 Å². The zero-order valence-corrected chi connectivity index (χ0v) is 10.6. The second kappa shape index (κ2) is 4.86. The average Bonchev–Trinajstić information content (AvgIpc) is 3.04. The SMILES string of the molecule is CCC1CC(C)CCC1NC(C)C1CC1. The van der Waals surface area contributed by atoms with Crippen LogP contribution in [-0.2, 0) is 0 Å². The highest BCUT2D eigenvalue weighted by Crippen LogP contribution is 2.35. The van der Waals surface area contributed by atoms with Crippen LogP contribution in [-0.4, -0.2) is 12.1 Å². The molecule has 0 amide bonds. The molecule has 2 aliphatic carbocycles. The summed E-state index contributed by atoms with van der Waals surface area (Å²) >= 11 is 0. The number of nitrogens with one attached hydrogen (secondary N) is 1. The van der Waals surface area contributed by atoms with Crippen LogP contribution in [0.4, 0.5) is 0 Å². The molecule has 88 valence electrons. The molecule has 0 aromatic heterocycles. The Morgan fingerprint density at radius 1 is 1.20 bits per heavy atom. The van der Waals surface area contributed by atoms with Crippen LogP contribution in [0.2, 0.25) is 0 Å². The van der Waals surface area contributed by atoms with E-state index in [1.165, 1.54) is 38.5 Å². The molecule has 0 spiro atoms. The third kappa shape index (κ3) is 2.96. The molecule has 4 atom stereocenters. The Morgan fingerprint density at radius 2 is 1.93 bits per heavy atom. The fourth-order valence-corrected chi connectivity index (χ4v) is 3.24. The van der Waals surface area contributed by atoms with Crippen molar-refractivity contribution in [2.75, 3.05) is 0 Å². The van der Waals surface area contributed by atoms with E-state index in [2.05, 4.69) is 26.1 Å². The van der Waals surface area contributed by atoms with E-state index in [-0.39, 0.29) is 0 Å². The number of hydrogen-bond acceptors (Lipinski definition) is 1. The van der Waals surface area contributed by atoms with Crippen LogP contribution in [0.5, 0.6) is 0 Å². The van der Waals surface area contributed by atoms with Gasteiger partial charge in [-0.15, -0.1) is 0 Å². The van der Waals surface area contributed by atoms with Crippen LogP contribution in [0.1, 0.15) is 59.3 Å². The molecule has 4 unspecified atom stereocenters. The van der Waals surface area contributed by atoms with E-state index in [0.717, 1.165) is 29.8 Å². The monoisotopic (exact) mass is 209 g/mol. The maximum absolute atomic E-state index is 3.90. The summed E-state index contributed by atoms with van der Waals surface area (Å²) in [5.74, 6) is 2.90. The Hall–Kier alpha value is -0.0400. The summed E-state index contributed by atoms with van der Waals surface area (Å²) in [6.07, 6.45) is 8.59. The summed E-state index contributed by atoms with van der Waals surface area (Å²) < 4.78 is 0. The highest BCUT2D eigenvalue weighted by molar-refractivity contribution is 4.89. The zero-order valence-electron chi connectivity index (χ0n) is 10.6. The van der Waals surface area contributed by atoms with Gasteiger partial charge < -0.3 is 5.32 Å². The zero-order chi connectivity index (χ0) is 10.8. The van der Waals surface area contributed by atoms with E-state index < -0.39 is 0 Å². The van der Waals surface area contributed by atoms with Crippen LogP contribution in [0.25, 0.3) is 0 Å². The molecule has 0 radical (unpaired) electrons. The third-order valence-corrected chi connectivity index (χ3v) is 4.58. The molecule has 1 heteroatoms. The minimum atomic E-state index is 0.775. The van der Waals surface area contributed by atoms with Crippen molar-refractivity contribution < 1.29 is 0 Å². The van der Waals surface area contributed by atoms with Crippen LogP contribution in [0, 0.1) is 17.8 Å². The molecular formula is C14H27N. The van der Waals surface area contributed by atoms with Crippen LogP contribution >= 0.6 is 0 Å². The Bertz CT molecular complexity index is 198. The van der Waals surface area contributed by atoms with Crippen LogP contribution < -0.4 is 5.32 Å². The van der Waals surface area contributed by atoms with Crippen LogP contribution in [0.3, 0.4) is 0 Å². The molecule has 0 aromatic carbocycles. The van der Waals surface area contributed by atoms with E-state index in [4.69, 9.17) is 0 Å². The quantitative estimate of drug-likeness (QED) is 0.746. The molecule has 0 bridgehead atoms. The average molecular weight is 209 g/mol. The normalized spacial score (nSPS) is 39.0. The molecule has 2 rings (SSSR count). The number of hydrogen-bond donors (Lipinski definition) is 1. The lowest BCUT2D eigenvalue weighted by Crippen LogP contribution is -2.45. The van der Waals surface area contributed by atoms with E-state index in [1.54, 1.807) is 0 Å². The molecule has 2 saturated carbocycles. The van der Waals surface area contributed by atoms with Crippen molar-refractivity contribution in [2.24, 2.45) is 17.8 Å². The first-order valence-electron chi connectivity index (χ1n) is 6.96. The second-order valence-electron chi connectivity index (χ2n) is 5.99. The van der Waals surface area contributed by atoms with Crippen molar-refractivity contribution in [3.63, 3.8) is 0 Å².